The second kappa shape index (κ2) is 8.13. The molecule has 1 aromatic carbocycles. The SMILES string of the molecule is COc1ccc(N2CCC(N3CCOC4(CNCCOC4)C3)CC2)cc1. The summed E-state index contributed by atoms with van der Waals surface area (Å²) in [6.07, 6.45) is 2.41. The number of nitrogens with zero attached hydrogens (tertiary/aromatic N) is 2. The molecule has 26 heavy (non-hydrogen) atoms. The molecule has 144 valence electrons. The number of methoxy groups -OCH3 is 1. The molecule has 0 aliphatic carbocycles. The summed E-state index contributed by atoms with van der Waals surface area (Å²) in [5.74, 6) is 0.918. The molecule has 3 aliphatic rings. The number of hydrogen-bond donors (Lipinski definition) is 1. The zero-order chi connectivity index (χ0) is 17.8. The molecule has 6 heteroatoms. The Kier molecular flexibility index (Phi) is 5.64. The average Bonchev–Trinajstić information content (AvgIpc) is 2.93. The van der Waals surface area contributed by atoms with Crippen LogP contribution in [0.4, 0.5) is 5.69 Å². The van der Waals surface area contributed by atoms with Gasteiger partial charge in [0.2, 0.25) is 0 Å². The number of rotatable bonds is 3. The van der Waals surface area contributed by atoms with Crippen molar-refractivity contribution in [1.82, 2.24) is 10.2 Å². The van der Waals surface area contributed by atoms with Gasteiger partial charge in [0.1, 0.15) is 11.4 Å². The minimum Gasteiger partial charge on any atom is -0.497 e. The maximum Gasteiger partial charge on any atom is 0.119 e. The first-order valence-corrected chi connectivity index (χ1v) is 9.83. The Bertz CT molecular complexity index is 564. The molecule has 0 saturated carbocycles. The Labute approximate surface area is 156 Å². The highest BCUT2D eigenvalue weighted by molar-refractivity contribution is 5.49. The smallest absolute Gasteiger partial charge is 0.119 e. The van der Waals surface area contributed by atoms with E-state index in [0.29, 0.717) is 12.6 Å². The number of morpholine rings is 1. The average molecular weight is 361 g/mol. The largest absolute Gasteiger partial charge is 0.497 e. The second-order valence-corrected chi connectivity index (χ2v) is 7.65. The van der Waals surface area contributed by atoms with E-state index in [9.17, 15) is 0 Å². The predicted molar refractivity (Wildman–Crippen MR) is 102 cm³/mol. The van der Waals surface area contributed by atoms with Crippen LogP contribution in [0.15, 0.2) is 24.3 Å². The van der Waals surface area contributed by atoms with E-state index in [1.54, 1.807) is 7.11 Å². The maximum atomic E-state index is 6.17. The molecule has 1 aromatic rings. The zero-order valence-corrected chi connectivity index (χ0v) is 15.8. The van der Waals surface area contributed by atoms with E-state index in [1.165, 1.54) is 18.5 Å². The number of nitrogens with one attached hydrogen (secondary N) is 1. The summed E-state index contributed by atoms with van der Waals surface area (Å²) < 4.78 is 17.2. The summed E-state index contributed by atoms with van der Waals surface area (Å²) in [6, 6.07) is 9.07. The molecule has 0 bridgehead atoms. The molecule has 0 radical (unpaired) electrons. The molecule has 6 nitrogen and oxygen atoms in total. The minimum absolute atomic E-state index is 0.165. The van der Waals surface area contributed by atoms with E-state index in [-0.39, 0.29) is 5.60 Å². The van der Waals surface area contributed by atoms with Crippen LogP contribution in [-0.4, -0.2) is 82.7 Å². The number of piperidine rings is 1. The lowest BCUT2D eigenvalue weighted by Gasteiger charge is -2.47. The van der Waals surface area contributed by atoms with Crippen molar-refractivity contribution in [3.63, 3.8) is 0 Å². The summed E-state index contributed by atoms with van der Waals surface area (Å²) in [5, 5.41) is 3.47. The van der Waals surface area contributed by atoms with Crippen LogP contribution >= 0.6 is 0 Å². The van der Waals surface area contributed by atoms with Gasteiger partial charge in [-0.15, -0.1) is 0 Å². The van der Waals surface area contributed by atoms with Crippen LogP contribution in [0.5, 0.6) is 5.75 Å². The van der Waals surface area contributed by atoms with Crippen LogP contribution < -0.4 is 15.0 Å². The highest BCUT2D eigenvalue weighted by atomic mass is 16.5. The zero-order valence-electron chi connectivity index (χ0n) is 15.8. The topological polar surface area (TPSA) is 46.2 Å². The highest BCUT2D eigenvalue weighted by Crippen LogP contribution is 2.28. The van der Waals surface area contributed by atoms with Gasteiger partial charge in [-0.25, -0.2) is 0 Å². The van der Waals surface area contributed by atoms with Crippen molar-refractivity contribution in [1.29, 1.82) is 0 Å². The predicted octanol–water partition coefficient (Wildman–Crippen LogP) is 1.35. The summed E-state index contributed by atoms with van der Waals surface area (Å²) in [4.78, 5) is 5.13. The van der Waals surface area contributed by atoms with Gasteiger partial charge in [-0.05, 0) is 37.1 Å². The molecule has 1 atom stereocenters. The Hall–Kier alpha value is -1.34. The molecule has 3 heterocycles. The van der Waals surface area contributed by atoms with Gasteiger partial charge in [0.25, 0.3) is 0 Å². The lowest BCUT2D eigenvalue weighted by atomic mass is 9.97. The van der Waals surface area contributed by atoms with E-state index >= 15 is 0 Å². The summed E-state index contributed by atoms with van der Waals surface area (Å²) in [5.41, 5.74) is 1.13. The molecule has 3 fully saturated rings. The molecule has 1 spiro atoms. The lowest BCUT2D eigenvalue weighted by Crippen LogP contribution is -2.61. The van der Waals surface area contributed by atoms with Crippen LogP contribution in [0.2, 0.25) is 0 Å². The van der Waals surface area contributed by atoms with Gasteiger partial charge >= 0.3 is 0 Å². The van der Waals surface area contributed by atoms with Crippen LogP contribution in [0.1, 0.15) is 12.8 Å². The fourth-order valence-electron chi connectivity index (χ4n) is 4.43. The van der Waals surface area contributed by atoms with Crippen molar-refractivity contribution < 1.29 is 14.2 Å². The summed E-state index contributed by atoms with van der Waals surface area (Å²) in [6.45, 7) is 8.35. The van der Waals surface area contributed by atoms with E-state index in [4.69, 9.17) is 14.2 Å². The third-order valence-corrected chi connectivity index (χ3v) is 5.93. The van der Waals surface area contributed by atoms with Gasteiger partial charge in [0, 0.05) is 51.0 Å². The number of ether oxygens (including phenoxy) is 3. The Balaban J connectivity index is 1.33. The molecule has 3 saturated heterocycles. The van der Waals surface area contributed by atoms with E-state index in [1.807, 2.05) is 12.1 Å². The molecular formula is C20H31N3O3. The Morgan fingerprint density at radius 3 is 2.69 bits per heavy atom. The van der Waals surface area contributed by atoms with Gasteiger partial charge in [0.05, 0.1) is 26.9 Å². The van der Waals surface area contributed by atoms with Gasteiger partial charge < -0.3 is 24.4 Å². The van der Waals surface area contributed by atoms with Gasteiger partial charge in [0.15, 0.2) is 0 Å². The van der Waals surface area contributed by atoms with Gasteiger partial charge in [-0.3, -0.25) is 4.90 Å². The van der Waals surface area contributed by atoms with E-state index < -0.39 is 0 Å². The third-order valence-electron chi connectivity index (χ3n) is 5.93. The highest BCUT2D eigenvalue weighted by Gasteiger charge is 2.40. The Morgan fingerprint density at radius 2 is 1.92 bits per heavy atom. The first-order valence-electron chi connectivity index (χ1n) is 9.83. The fraction of sp³-hybridized carbons (Fsp3) is 0.700. The fourth-order valence-corrected chi connectivity index (χ4v) is 4.43. The monoisotopic (exact) mass is 361 g/mol. The van der Waals surface area contributed by atoms with Gasteiger partial charge in [-0.1, -0.05) is 0 Å². The molecule has 1 N–H and O–H groups in total. The van der Waals surface area contributed by atoms with Crippen molar-refractivity contribution in [3.8, 4) is 5.75 Å². The summed E-state index contributed by atoms with van der Waals surface area (Å²) in [7, 11) is 1.71. The van der Waals surface area contributed by atoms with Crippen molar-refractivity contribution in [2.45, 2.75) is 24.5 Å². The van der Waals surface area contributed by atoms with Crippen molar-refractivity contribution >= 4 is 5.69 Å². The number of anilines is 1. The molecule has 0 amide bonds. The molecule has 0 aromatic heterocycles. The van der Waals surface area contributed by atoms with E-state index in [2.05, 4.69) is 27.2 Å². The maximum absolute atomic E-state index is 6.17. The van der Waals surface area contributed by atoms with Crippen molar-refractivity contribution in [3.05, 3.63) is 24.3 Å². The van der Waals surface area contributed by atoms with Crippen LogP contribution in [0.25, 0.3) is 0 Å². The molecule has 1 unspecified atom stereocenters. The lowest BCUT2D eigenvalue weighted by molar-refractivity contribution is -0.142. The van der Waals surface area contributed by atoms with Crippen LogP contribution in [0, 0.1) is 0 Å². The molecular weight excluding hydrogens is 330 g/mol. The number of benzene rings is 1. The molecule has 3 aliphatic heterocycles. The number of hydrogen-bond acceptors (Lipinski definition) is 6. The van der Waals surface area contributed by atoms with Crippen LogP contribution in [-0.2, 0) is 9.47 Å². The summed E-state index contributed by atoms with van der Waals surface area (Å²) >= 11 is 0. The first-order chi connectivity index (χ1) is 12.8. The first kappa shape index (κ1) is 18.0. The Morgan fingerprint density at radius 1 is 1.12 bits per heavy atom. The second-order valence-electron chi connectivity index (χ2n) is 7.65. The van der Waals surface area contributed by atoms with E-state index in [0.717, 1.165) is 58.2 Å². The van der Waals surface area contributed by atoms with Gasteiger partial charge in [-0.2, -0.15) is 0 Å². The van der Waals surface area contributed by atoms with Crippen LogP contribution in [0.3, 0.4) is 0 Å². The quantitative estimate of drug-likeness (QED) is 0.877. The minimum atomic E-state index is -0.165. The third kappa shape index (κ3) is 3.98. The normalized spacial score (nSPS) is 28.9. The standard InChI is InChI=1S/C20H31N3O3/c1-24-19-4-2-17(3-5-19)22-9-6-18(7-10-22)23-11-13-26-20(15-23)14-21-8-12-25-16-20/h2-5,18,21H,6-16H2,1H3. The van der Waals surface area contributed by atoms with Crippen molar-refractivity contribution in [2.75, 3.05) is 71.1 Å². The molecule has 4 rings (SSSR count). The van der Waals surface area contributed by atoms with Crippen molar-refractivity contribution in [2.24, 2.45) is 0 Å².